The van der Waals surface area contributed by atoms with Crippen LogP contribution in [0.3, 0.4) is 0 Å². The van der Waals surface area contributed by atoms with Crippen molar-refractivity contribution in [1.29, 1.82) is 0 Å². The van der Waals surface area contributed by atoms with Gasteiger partial charge in [0, 0.05) is 24.8 Å². The zero-order chi connectivity index (χ0) is 17.3. The molecular weight excluding hydrogens is 290 g/mol. The Bertz CT molecular complexity index is 391. The van der Waals surface area contributed by atoms with E-state index in [0.717, 1.165) is 0 Å². The first-order valence-electron chi connectivity index (χ1n) is 7.39. The van der Waals surface area contributed by atoms with E-state index in [1.807, 2.05) is 13.8 Å². The molecule has 0 saturated heterocycles. The lowest BCUT2D eigenvalue weighted by Gasteiger charge is -2.29. The van der Waals surface area contributed by atoms with E-state index < -0.39 is 23.4 Å². The fourth-order valence-electron chi connectivity index (χ4n) is 1.64. The molecular formula is C15H27NO6. The summed E-state index contributed by atoms with van der Waals surface area (Å²) in [6, 6.07) is 0. The summed E-state index contributed by atoms with van der Waals surface area (Å²) in [7, 11) is 0. The maximum absolute atomic E-state index is 11.8. The molecule has 0 aliphatic carbocycles. The molecule has 0 saturated carbocycles. The Hall–Kier alpha value is -1.63. The Morgan fingerprint density at radius 3 is 2.32 bits per heavy atom. The van der Waals surface area contributed by atoms with Gasteiger partial charge in [-0.25, -0.2) is 0 Å². The number of hydrogen-bond acceptors (Lipinski definition) is 5. The number of hydrogen-bond donors (Lipinski definition) is 3. The molecule has 0 bridgehead atoms. The van der Waals surface area contributed by atoms with Crippen LogP contribution < -0.4 is 5.32 Å². The molecule has 1 amide bonds. The zero-order valence-electron chi connectivity index (χ0n) is 13.7. The maximum Gasteiger partial charge on any atom is 0.306 e. The fourth-order valence-corrected chi connectivity index (χ4v) is 1.64. The van der Waals surface area contributed by atoms with Crippen molar-refractivity contribution in [2.24, 2.45) is 11.3 Å². The number of ether oxygens (including phenoxy) is 1. The highest BCUT2D eigenvalue weighted by Crippen LogP contribution is 2.22. The van der Waals surface area contributed by atoms with Crippen molar-refractivity contribution in [3.05, 3.63) is 0 Å². The third-order valence-electron chi connectivity index (χ3n) is 3.04. The lowest BCUT2D eigenvalue weighted by atomic mass is 9.87. The van der Waals surface area contributed by atoms with Crippen LogP contribution in [0.1, 0.15) is 47.0 Å². The zero-order valence-corrected chi connectivity index (χ0v) is 13.7. The molecule has 0 aliphatic heterocycles. The Balaban J connectivity index is 4.24. The minimum absolute atomic E-state index is 0.0490. The predicted molar refractivity (Wildman–Crippen MR) is 80.1 cm³/mol. The minimum atomic E-state index is -1.34. The van der Waals surface area contributed by atoms with Gasteiger partial charge in [0.15, 0.2) is 0 Å². The van der Waals surface area contributed by atoms with Gasteiger partial charge in [0.1, 0.15) is 6.10 Å². The summed E-state index contributed by atoms with van der Waals surface area (Å²) in [6.45, 7) is 7.14. The number of nitrogens with one attached hydrogen (secondary N) is 1. The largest absolute Gasteiger partial charge is 0.481 e. The number of aliphatic hydroxyl groups is 1. The van der Waals surface area contributed by atoms with Crippen molar-refractivity contribution in [3.63, 3.8) is 0 Å². The van der Waals surface area contributed by atoms with Gasteiger partial charge in [-0.15, -0.1) is 0 Å². The first-order valence-corrected chi connectivity index (χ1v) is 7.39. The summed E-state index contributed by atoms with van der Waals surface area (Å²) in [5.74, 6) is -1.72. The maximum atomic E-state index is 11.8. The summed E-state index contributed by atoms with van der Waals surface area (Å²) >= 11 is 0. The number of carbonyl (C=O) groups excluding carboxylic acids is 2. The van der Waals surface area contributed by atoms with Crippen LogP contribution in [0.15, 0.2) is 0 Å². The lowest BCUT2D eigenvalue weighted by Crippen LogP contribution is -2.46. The van der Waals surface area contributed by atoms with E-state index in [9.17, 15) is 19.5 Å². The highest BCUT2D eigenvalue weighted by atomic mass is 16.5. The molecule has 0 rings (SSSR count). The molecule has 0 aromatic carbocycles. The summed E-state index contributed by atoms with van der Waals surface area (Å²) in [4.78, 5) is 33.7. The number of aliphatic carboxylic acids is 1. The number of rotatable bonds is 10. The summed E-state index contributed by atoms with van der Waals surface area (Å²) < 4.78 is 5.09. The molecule has 0 aromatic rings. The van der Waals surface area contributed by atoms with Crippen LogP contribution in [0.25, 0.3) is 0 Å². The summed E-state index contributed by atoms with van der Waals surface area (Å²) in [5, 5.41) is 21.0. The number of esters is 1. The van der Waals surface area contributed by atoms with Crippen molar-refractivity contribution in [2.75, 3.05) is 13.2 Å². The fraction of sp³-hybridized carbons (Fsp3) is 0.800. The van der Waals surface area contributed by atoms with Crippen LogP contribution in [0.2, 0.25) is 0 Å². The topological polar surface area (TPSA) is 113 Å². The number of aliphatic hydroxyl groups excluding tert-OH is 1. The Labute approximate surface area is 131 Å². The Morgan fingerprint density at radius 2 is 1.82 bits per heavy atom. The number of carboxylic acids is 1. The molecule has 7 heteroatoms. The van der Waals surface area contributed by atoms with Crippen molar-refractivity contribution in [2.45, 2.75) is 53.1 Å². The average Bonchev–Trinajstić information content (AvgIpc) is 2.39. The van der Waals surface area contributed by atoms with E-state index in [2.05, 4.69) is 5.32 Å². The molecule has 7 nitrogen and oxygen atoms in total. The van der Waals surface area contributed by atoms with Gasteiger partial charge in [0.05, 0.1) is 6.61 Å². The number of amides is 1. The molecule has 0 radical (unpaired) electrons. The average molecular weight is 317 g/mol. The van der Waals surface area contributed by atoms with E-state index in [0.29, 0.717) is 0 Å². The Kier molecular flexibility index (Phi) is 8.70. The molecule has 0 aliphatic rings. The second kappa shape index (κ2) is 9.40. The van der Waals surface area contributed by atoms with Gasteiger partial charge in [-0.3, -0.25) is 14.4 Å². The molecule has 1 unspecified atom stereocenters. The first kappa shape index (κ1) is 20.4. The molecule has 22 heavy (non-hydrogen) atoms. The standard InChI is InChI=1S/C15H27NO6/c1-10(2)8-12(19)22-9-15(3,4)13(20)14(21)16-7-5-6-11(17)18/h10,13,20H,5-9H2,1-4H3,(H,16,21)(H,17,18). The Morgan fingerprint density at radius 1 is 1.23 bits per heavy atom. The predicted octanol–water partition coefficient (Wildman–Crippen LogP) is 0.944. The third kappa shape index (κ3) is 8.61. The van der Waals surface area contributed by atoms with Crippen LogP contribution in [-0.2, 0) is 19.1 Å². The third-order valence-corrected chi connectivity index (χ3v) is 3.04. The van der Waals surface area contributed by atoms with Gasteiger partial charge in [0.2, 0.25) is 5.91 Å². The van der Waals surface area contributed by atoms with Gasteiger partial charge < -0.3 is 20.3 Å². The highest BCUT2D eigenvalue weighted by molar-refractivity contribution is 5.81. The second-order valence-corrected chi connectivity index (χ2v) is 6.44. The molecule has 0 heterocycles. The molecule has 0 fully saturated rings. The molecule has 128 valence electrons. The molecule has 1 atom stereocenters. The minimum Gasteiger partial charge on any atom is -0.481 e. The van der Waals surface area contributed by atoms with Crippen LogP contribution in [0.5, 0.6) is 0 Å². The van der Waals surface area contributed by atoms with Crippen LogP contribution in [0.4, 0.5) is 0 Å². The monoisotopic (exact) mass is 317 g/mol. The van der Waals surface area contributed by atoms with E-state index in [-0.39, 0.29) is 44.3 Å². The van der Waals surface area contributed by atoms with Crippen molar-refractivity contribution in [3.8, 4) is 0 Å². The van der Waals surface area contributed by atoms with E-state index in [1.165, 1.54) is 0 Å². The van der Waals surface area contributed by atoms with Gasteiger partial charge >= 0.3 is 11.9 Å². The van der Waals surface area contributed by atoms with Gasteiger partial charge in [0.25, 0.3) is 0 Å². The highest BCUT2D eigenvalue weighted by Gasteiger charge is 2.34. The van der Waals surface area contributed by atoms with Gasteiger partial charge in [-0.2, -0.15) is 0 Å². The lowest BCUT2D eigenvalue weighted by molar-refractivity contribution is -0.153. The number of carbonyl (C=O) groups is 3. The van der Waals surface area contributed by atoms with Gasteiger partial charge in [-0.1, -0.05) is 27.7 Å². The first-order chi connectivity index (χ1) is 10.1. The van der Waals surface area contributed by atoms with E-state index >= 15 is 0 Å². The number of carboxylic acid groups (broad SMARTS) is 1. The van der Waals surface area contributed by atoms with E-state index in [4.69, 9.17) is 9.84 Å². The summed E-state index contributed by atoms with van der Waals surface area (Å²) in [6.07, 6.45) is -0.818. The van der Waals surface area contributed by atoms with Crippen LogP contribution >= 0.6 is 0 Å². The second-order valence-electron chi connectivity index (χ2n) is 6.44. The smallest absolute Gasteiger partial charge is 0.306 e. The SMILES string of the molecule is CC(C)CC(=O)OCC(C)(C)C(O)C(=O)NCCCC(=O)O. The van der Waals surface area contributed by atoms with Crippen LogP contribution in [-0.4, -0.2) is 47.3 Å². The normalized spacial score (nSPS) is 12.8. The van der Waals surface area contributed by atoms with Crippen molar-refractivity contribution < 1.29 is 29.3 Å². The van der Waals surface area contributed by atoms with E-state index in [1.54, 1.807) is 13.8 Å². The molecule has 0 spiro atoms. The summed E-state index contributed by atoms with van der Waals surface area (Å²) in [5.41, 5.74) is -0.927. The van der Waals surface area contributed by atoms with Crippen molar-refractivity contribution in [1.82, 2.24) is 5.32 Å². The van der Waals surface area contributed by atoms with Crippen LogP contribution in [0, 0.1) is 11.3 Å². The quantitative estimate of drug-likeness (QED) is 0.408. The molecule has 0 aromatic heterocycles. The van der Waals surface area contributed by atoms with Gasteiger partial charge in [-0.05, 0) is 12.3 Å². The van der Waals surface area contributed by atoms with Crippen molar-refractivity contribution >= 4 is 17.8 Å². The molecule has 3 N–H and O–H groups in total.